The van der Waals surface area contributed by atoms with E-state index in [2.05, 4.69) is 30.6 Å². The van der Waals surface area contributed by atoms with E-state index < -0.39 is 0 Å². The average Bonchev–Trinajstić information content (AvgIpc) is 3.20. The molecule has 1 saturated carbocycles. The Kier molecular flexibility index (Phi) is 2.61. The summed E-state index contributed by atoms with van der Waals surface area (Å²) in [5.74, 6) is 1.56. The highest BCUT2D eigenvalue weighted by Crippen LogP contribution is 2.32. The van der Waals surface area contributed by atoms with Gasteiger partial charge >= 0.3 is 0 Å². The van der Waals surface area contributed by atoms with Crippen LogP contribution in [0.25, 0.3) is 11.0 Å². The van der Waals surface area contributed by atoms with Crippen LogP contribution in [-0.4, -0.2) is 29.9 Å². The minimum Gasteiger partial charge on any atom is -0.325 e. The van der Waals surface area contributed by atoms with Gasteiger partial charge in [-0.25, -0.2) is 14.6 Å². The molecule has 1 fully saturated rings. The molecule has 1 aliphatic rings. The Bertz CT molecular complexity index is 709. The van der Waals surface area contributed by atoms with Crippen LogP contribution >= 0.6 is 0 Å². The maximum Gasteiger partial charge on any atom is 0.163 e. The first-order valence-corrected chi connectivity index (χ1v) is 6.86. The summed E-state index contributed by atoms with van der Waals surface area (Å²) < 4.78 is 2.04. The third kappa shape index (κ3) is 1.82. The Labute approximate surface area is 115 Å². The number of H-pyrrole nitrogens is 1. The molecule has 3 aromatic rings. The normalized spacial score (nSPS) is 16.0. The fraction of sp³-hybridized carbons (Fsp3) is 0.385. The molecule has 1 aliphatic carbocycles. The number of nitrogens with zero attached hydrogens (tertiary/aromatic N) is 5. The van der Waals surface area contributed by atoms with E-state index in [1.807, 2.05) is 16.9 Å². The molecule has 20 heavy (non-hydrogen) atoms. The van der Waals surface area contributed by atoms with Crippen molar-refractivity contribution in [2.45, 2.75) is 31.7 Å². The number of aromatic nitrogens is 6. The number of rotatable bonds is 3. The lowest BCUT2D eigenvalue weighted by atomic mass is 10.2. The van der Waals surface area contributed by atoms with Crippen LogP contribution in [0, 0.1) is 0 Å². The van der Waals surface area contributed by atoms with Gasteiger partial charge < -0.3 is 5.32 Å². The second-order valence-electron chi connectivity index (χ2n) is 5.08. The molecule has 7 heteroatoms. The van der Waals surface area contributed by atoms with Crippen LogP contribution in [0.4, 0.5) is 11.6 Å². The molecule has 2 N–H and O–H groups in total. The van der Waals surface area contributed by atoms with Gasteiger partial charge in [-0.1, -0.05) is 12.8 Å². The monoisotopic (exact) mass is 269 g/mol. The minimum absolute atomic E-state index is 0.474. The Morgan fingerprint density at radius 2 is 2.15 bits per heavy atom. The number of fused-ring (bicyclic) bond motifs is 1. The first kappa shape index (κ1) is 11.4. The van der Waals surface area contributed by atoms with Crippen molar-refractivity contribution in [1.29, 1.82) is 0 Å². The Morgan fingerprint density at radius 3 is 2.95 bits per heavy atom. The molecule has 3 aromatic heterocycles. The molecule has 0 aromatic carbocycles. The highest BCUT2D eigenvalue weighted by atomic mass is 15.3. The van der Waals surface area contributed by atoms with Gasteiger partial charge in [0.25, 0.3) is 0 Å². The van der Waals surface area contributed by atoms with Crippen molar-refractivity contribution in [2.24, 2.45) is 0 Å². The van der Waals surface area contributed by atoms with Gasteiger partial charge in [0.05, 0.1) is 23.8 Å². The lowest BCUT2D eigenvalue weighted by Crippen LogP contribution is -2.07. The minimum atomic E-state index is 0.474. The molecule has 0 aliphatic heterocycles. The van der Waals surface area contributed by atoms with E-state index in [4.69, 9.17) is 0 Å². The van der Waals surface area contributed by atoms with E-state index in [0.717, 1.165) is 22.7 Å². The number of hydrogen-bond acceptors (Lipinski definition) is 5. The Morgan fingerprint density at radius 1 is 1.25 bits per heavy atom. The van der Waals surface area contributed by atoms with Crippen LogP contribution in [-0.2, 0) is 0 Å². The molecule has 0 unspecified atom stereocenters. The summed E-state index contributed by atoms with van der Waals surface area (Å²) in [7, 11) is 0. The van der Waals surface area contributed by atoms with Crippen molar-refractivity contribution >= 4 is 22.7 Å². The van der Waals surface area contributed by atoms with Gasteiger partial charge in [-0.15, -0.1) is 0 Å². The molecular formula is C13H15N7. The molecular weight excluding hydrogens is 254 g/mol. The summed E-state index contributed by atoms with van der Waals surface area (Å²) in [5, 5.41) is 15.4. The molecule has 0 bridgehead atoms. The first-order valence-electron chi connectivity index (χ1n) is 6.86. The highest BCUT2D eigenvalue weighted by Gasteiger charge is 2.21. The molecule has 0 amide bonds. The molecule has 4 rings (SSSR count). The van der Waals surface area contributed by atoms with Crippen LogP contribution in [0.2, 0.25) is 0 Å². The average molecular weight is 269 g/mol. The van der Waals surface area contributed by atoms with Crippen molar-refractivity contribution in [3.05, 3.63) is 24.8 Å². The molecule has 7 nitrogen and oxygen atoms in total. The van der Waals surface area contributed by atoms with Gasteiger partial charge in [0, 0.05) is 6.07 Å². The van der Waals surface area contributed by atoms with E-state index in [0.29, 0.717) is 6.04 Å². The van der Waals surface area contributed by atoms with Crippen molar-refractivity contribution < 1.29 is 0 Å². The summed E-state index contributed by atoms with van der Waals surface area (Å²) >= 11 is 0. The summed E-state index contributed by atoms with van der Waals surface area (Å²) in [6.45, 7) is 0. The summed E-state index contributed by atoms with van der Waals surface area (Å²) in [5.41, 5.74) is 0.897. The van der Waals surface area contributed by atoms with E-state index >= 15 is 0 Å². The largest absolute Gasteiger partial charge is 0.325 e. The van der Waals surface area contributed by atoms with Gasteiger partial charge in [-0.05, 0) is 12.8 Å². The number of anilines is 2. The maximum atomic E-state index is 4.52. The fourth-order valence-electron chi connectivity index (χ4n) is 2.83. The fourth-order valence-corrected chi connectivity index (χ4v) is 2.83. The predicted octanol–water partition coefficient (Wildman–Crippen LogP) is 2.41. The van der Waals surface area contributed by atoms with Gasteiger partial charge in [0.2, 0.25) is 0 Å². The molecule has 0 atom stereocenters. The third-order valence-electron chi connectivity index (χ3n) is 3.82. The molecule has 0 radical (unpaired) electrons. The van der Waals surface area contributed by atoms with E-state index in [1.54, 1.807) is 12.5 Å². The summed E-state index contributed by atoms with van der Waals surface area (Å²) in [4.78, 5) is 8.70. The second kappa shape index (κ2) is 4.59. The quantitative estimate of drug-likeness (QED) is 0.762. The van der Waals surface area contributed by atoms with Crippen LogP contribution in [0.3, 0.4) is 0 Å². The van der Waals surface area contributed by atoms with Crippen LogP contribution in [0.15, 0.2) is 24.8 Å². The van der Waals surface area contributed by atoms with Crippen molar-refractivity contribution in [3.63, 3.8) is 0 Å². The standard InChI is InChI=1S/C13H15N7/c1-2-4-9(3-1)20-13-10(7-17-20)12(14-8-15-13)18-11-5-6-16-19-11/h5-9H,1-4H2,(H2,14,15,16,18,19). The van der Waals surface area contributed by atoms with Crippen LogP contribution < -0.4 is 5.32 Å². The van der Waals surface area contributed by atoms with Gasteiger partial charge in [-0.3, -0.25) is 5.10 Å². The molecule has 3 heterocycles. The SMILES string of the molecule is c1cc(Nc2ncnc3c2cnn3C2CCCC2)[nH]n1. The maximum absolute atomic E-state index is 4.52. The molecule has 102 valence electrons. The molecule has 0 saturated heterocycles. The van der Waals surface area contributed by atoms with Crippen molar-refractivity contribution in [3.8, 4) is 0 Å². The van der Waals surface area contributed by atoms with Gasteiger partial charge in [-0.2, -0.15) is 10.2 Å². The Hall–Kier alpha value is -2.44. The van der Waals surface area contributed by atoms with Crippen LogP contribution in [0.5, 0.6) is 0 Å². The van der Waals surface area contributed by atoms with Crippen molar-refractivity contribution in [2.75, 3.05) is 5.32 Å². The Balaban J connectivity index is 1.75. The first-order chi connectivity index (χ1) is 9.92. The van der Waals surface area contributed by atoms with Gasteiger partial charge in [0.15, 0.2) is 5.65 Å². The zero-order chi connectivity index (χ0) is 13.4. The number of aromatic amines is 1. The van der Waals surface area contributed by atoms with E-state index in [-0.39, 0.29) is 0 Å². The summed E-state index contributed by atoms with van der Waals surface area (Å²) in [6, 6.07) is 2.33. The lowest BCUT2D eigenvalue weighted by molar-refractivity contribution is 0.478. The van der Waals surface area contributed by atoms with Gasteiger partial charge in [0.1, 0.15) is 18.0 Å². The number of hydrogen-bond donors (Lipinski definition) is 2. The number of nitrogens with one attached hydrogen (secondary N) is 2. The van der Waals surface area contributed by atoms with E-state index in [1.165, 1.54) is 25.7 Å². The smallest absolute Gasteiger partial charge is 0.163 e. The second-order valence-corrected chi connectivity index (χ2v) is 5.08. The molecule has 0 spiro atoms. The zero-order valence-corrected chi connectivity index (χ0v) is 11.0. The van der Waals surface area contributed by atoms with E-state index in [9.17, 15) is 0 Å². The predicted molar refractivity (Wildman–Crippen MR) is 74.7 cm³/mol. The third-order valence-corrected chi connectivity index (χ3v) is 3.82. The highest BCUT2D eigenvalue weighted by molar-refractivity contribution is 5.87. The van der Waals surface area contributed by atoms with Crippen LogP contribution in [0.1, 0.15) is 31.7 Å². The zero-order valence-electron chi connectivity index (χ0n) is 11.0. The lowest BCUT2D eigenvalue weighted by Gasteiger charge is -2.10. The topological polar surface area (TPSA) is 84.3 Å². The summed E-state index contributed by atoms with van der Waals surface area (Å²) in [6.07, 6.45) is 10.0. The van der Waals surface area contributed by atoms with Crippen molar-refractivity contribution in [1.82, 2.24) is 29.9 Å².